The first-order chi connectivity index (χ1) is 29.8. The van der Waals surface area contributed by atoms with E-state index in [1.807, 2.05) is 0 Å². The van der Waals surface area contributed by atoms with Crippen molar-refractivity contribution in [3.63, 3.8) is 0 Å². The molecule has 0 saturated carbocycles. The average molecular weight is 1470 g/mol. The van der Waals surface area contributed by atoms with Crippen molar-refractivity contribution in [1.82, 2.24) is 0 Å². The maximum atomic E-state index is 11.3. The summed E-state index contributed by atoms with van der Waals surface area (Å²) in [4.78, 5) is 33.8. The van der Waals surface area contributed by atoms with Crippen LogP contribution < -0.4 is 0 Å². The molecule has 3 atom stereocenters. The number of ether oxygens (including phenoxy) is 3. The molecule has 3 aliphatic heterocycles. The summed E-state index contributed by atoms with van der Waals surface area (Å²) >= 11 is 0. The zero-order valence-electron chi connectivity index (χ0n) is 33.4. The van der Waals surface area contributed by atoms with E-state index in [1.54, 1.807) is 20.8 Å². The van der Waals surface area contributed by atoms with E-state index in [0.29, 0.717) is 16.7 Å². The molecule has 0 aromatic rings. The minimum absolute atomic E-state index is 0. The van der Waals surface area contributed by atoms with Crippen molar-refractivity contribution in [3.8, 4) is 0 Å². The summed E-state index contributed by atoms with van der Waals surface area (Å²) in [6.07, 6.45) is 4.86. The van der Waals surface area contributed by atoms with Gasteiger partial charge in [-0.3, -0.25) is 0 Å². The van der Waals surface area contributed by atoms with Crippen LogP contribution in [0.25, 0.3) is 0 Å². The fourth-order valence-corrected chi connectivity index (χ4v) is 8.25. The van der Waals surface area contributed by atoms with Crippen LogP contribution in [-0.4, -0.2) is 148 Å². The van der Waals surface area contributed by atoms with Crippen molar-refractivity contribution in [2.75, 3.05) is 0 Å². The molecule has 0 N–H and O–H groups in total. The van der Waals surface area contributed by atoms with Gasteiger partial charge in [-0.25, -0.2) is 64.9 Å². The molecule has 3 unspecified atom stereocenters. The normalized spacial score (nSPS) is 21.7. The van der Waals surface area contributed by atoms with Gasteiger partial charge in [-0.05, 0) is 20.8 Å². The number of esters is 3. The van der Waals surface area contributed by atoms with Crippen molar-refractivity contribution in [2.45, 2.75) is 40.0 Å². The molecule has 4 radical (unpaired) electrons. The van der Waals surface area contributed by atoms with Crippen LogP contribution in [0.3, 0.4) is 0 Å². The minimum Gasteiger partial charge on any atom is -0.716 e. The molecule has 3 aliphatic carbocycles. The second-order valence-corrected chi connectivity index (χ2v) is 19.0. The molecule has 0 bridgehead atoms. The van der Waals surface area contributed by atoms with Crippen molar-refractivity contribution in [3.05, 3.63) is 105 Å². The van der Waals surface area contributed by atoms with Crippen LogP contribution in [0, 0.1) is 17.8 Å². The van der Waals surface area contributed by atoms with Gasteiger partial charge in [0.25, 0.3) is 62.4 Å². The van der Waals surface area contributed by atoms with E-state index in [1.165, 1.54) is 0 Å². The molecule has 3 heterocycles. The molecule has 0 amide bonds. The Morgan fingerprint density at radius 2 is 0.574 bits per heavy atom. The third kappa shape index (κ3) is 19.1. The summed E-state index contributed by atoms with van der Waals surface area (Å²) in [5.74, 6) is -8.84. The Balaban J connectivity index is 0.000000345. The third-order valence-electron chi connectivity index (χ3n) is 8.37. The quantitative estimate of drug-likeness (QED) is 0.0665. The van der Waals surface area contributed by atoms with Crippen LogP contribution in [0.2, 0.25) is 0 Å². The van der Waals surface area contributed by atoms with E-state index < -0.39 is 133 Å². The first kappa shape index (κ1) is 60.2. The van der Waals surface area contributed by atoms with Crippen LogP contribution in [-0.2, 0) is 116 Å². The van der Waals surface area contributed by atoms with E-state index in [-0.39, 0.29) is 88.9 Å². The van der Waals surface area contributed by atoms with Crippen LogP contribution in [0.15, 0.2) is 105 Å². The average Bonchev–Trinajstić information content (AvgIpc) is 3.07. The van der Waals surface area contributed by atoms with E-state index in [2.05, 4.69) is 25.1 Å². The van der Waals surface area contributed by atoms with Gasteiger partial charge in [0, 0.05) is 73.5 Å². The molecule has 0 saturated heterocycles. The number of allylic oxidation sites excluding steroid dienone is 9. The molecule has 0 fully saturated rings. The van der Waals surface area contributed by atoms with E-state index in [0.717, 1.165) is 36.5 Å². The van der Waals surface area contributed by atoms with Crippen LogP contribution in [0.4, 0.5) is 0 Å². The molecular weight excluding hydrogens is 1450 g/mol. The smallest absolute Gasteiger partial charge is 0.716 e. The van der Waals surface area contributed by atoms with Gasteiger partial charge in [-0.2, -0.15) is 0 Å². The van der Waals surface area contributed by atoms with Crippen molar-refractivity contribution in [1.29, 1.82) is 0 Å². The molecule has 0 aromatic carbocycles. The summed E-state index contributed by atoms with van der Waals surface area (Å²) < 4.78 is 231. The summed E-state index contributed by atoms with van der Waals surface area (Å²) in [6.45, 7) is 4.62. The van der Waals surface area contributed by atoms with Crippen molar-refractivity contribution < 1.29 is 132 Å². The van der Waals surface area contributed by atoms with Gasteiger partial charge in [-0.15, -0.1) is 0 Å². The van der Waals surface area contributed by atoms with Gasteiger partial charge in [0.1, 0.15) is 17.3 Å². The first-order valence-electron chi connectivity index (χ1n) is 16.8. The van der Waals surface area contributed by atoms with Crippen LogP contribution in [0.1, 0.15) is 40.0 Å². The molecule has 30 nitrogen and oxygen atoms in total. The summed E-state index contributed by atoms with van der Waals surface area (Å²) in [5, 5.41) is 0. The Bertz CT molecular complexity index is 2780. The van der Waals surface area contributed by atoms with E-state index in [9.17, 15) is 92.2 Å². The molecule has 370 valence electrons. The Labute approximate surface area is 423 Å². The Morgan fingerprint density at radius 1 is 0.382 bits per heavy atom. The topological polar surface area (TPSA) is 477 Å². The standard InChI is InChI=1S/3C10H10O10S2.2Bi/c3*1-5-2-10(11)18-7-4-9(20-22(15,16)17)8(3-6(5)7)19-21(12,13)14;;/h3*2,4,6H,3H2,1H3,(H,12,13,14)(H,15,16,17);;/q;;;2*+3/p-6. The van der Waals surface area contributed by atoms with Gasteiger partial charge < -0.3 is 66.6 Å². The van der Waals surface area contributed by atoms with E-state index in [4.69, 9.17) is 14.2 Å². The zero-order valence-corrected chi connectivity index (χ0v) is 45.3. The zero-order chi connectivity index (χ0) is 50.1. The molecule has 6 rings (SSSR count). The number of carbonyl (C=O) groups is 3. The number of fused-ring (bicyclic) bond motifs is 3. The summed E-state index contributed by atoms with van der Waals surface area (Å²) in [7, 11) is -31.4. The minimum atomic E-state index is -5.26. The second kappa shape index (κ2) is 22.5. The summed E-state index contributed by atoms with van der Waals surface area (Å²) in [6, 6.07) is 0. The number of hydrogen-bond acceptors (Lipinski definition) is 30. The Hall–Kier alpha value is -3.90. The SMILES string of the molecule is CC1=CC(=O)OC2=CC(OS(=O)(=O)[O-])=C(OS(=O)(=O)[O-])CC12.CC1=CC(=O)OC2=CC(OS(=O)(=O)[O-])=C(OS(=O)(=O)[O-])CC12.CC1=CC(=O)OC2=CC(OS(=O)(=O)[O-])=C(OS(=O)(=O)[O-])CC12.[Bi+3].[Bi+3]. The van der Waals surface area contributed by atoms with E-state index >= 15 is 0 Å². The molecule has 0 spiro atoms. The van der Waals surface area contributed by atoms with Gasteiger partial charge >= 0.3 is 70.3 Å². The van der Waals surface area contributed by atoms with Gasteiger partial charge in [0.15, 0.2) is 34.6 Å². The van der Waals surface area contributed by atoms with Crippen molar-refractivity contribution >= 4 is 133 Å². The Morgan fingerprint density at radius 3 is 0.750 bits per heavy atom. The predicted molar refractivity (Wildman–Crippen MR) is 205 cm³/mol. The molecule has 0 aromatic heterocycles. The number of hydrogen-bond donors (Lipinski definition) is 0. The molecule has 68 heavy (non-hydrogen) atoms. The Kier molecular flexibility index (Phi) is 19.9. The largest absolute Gasteiger partial charge is 3.00 e. The maximum Gasteiger partial charge on any atom is 3.00 e. The van der Waals surface area contributed by atoms with Gasteiger partial charge in [0.05, 0.1) is 0 Å². The van der Waals surface area contributed by atoms with Gasteiger partial charge in [-0.1, -0.05) is 16.7 Å². The second-order valence-electron chi connectivity index (χ2n) is 13.2. The number of carbonyl (C=O) groups excluding carboxylic acids is 3. The monoisotopic (exact) mass is 1470 g/mol. The predicted octanol–water partition coefficient (Wildman–Crippen LogP) is -2.09. The molecule has 6 aliphatic rings. The fraction of sp³-hybridized carbons (Fsp3) is 0.300. The van der Waals surface area contributed by atoms with Crippen LogP contribution in [0.5, 0.6) is 0 Å². The van der Waals surface area contributed by atoms with Crippen molar-refractivity contribution in [2.24, 2.45) is 17.8 Å². The molecular formula is C30H24Bi2O30S6. The maximum absolute atomic E-state index is 11.3. The number of rotatable bonds is 12. The van der Waals surface area contributed by atoms with Gasteiger partial charge in [0.2, 0.25) is 0 Å². The first-order valence-corrected chi connectivity index (χ1v) is 24.8. The summed E-state index contributed by atoms with van der Waals surface area (Å²) in [5.41, 5.74) is 1.41. The molecule has 38 heteroatoms. The third-order valence-corrected chi connectivity index (χ3v) is 10.7. The van der Waals surface area contributed by atoms with Crippen LogP contribution >= 0.6 is 0 Å². The fourth-order valence-electron chi connectivity index (χ4n) is 5.98.